The van der Waals surface area contributed by atoms with Crippen LogP contribution in [0.1, 0.15) is 45.4 Å². The fourth-order valence-corrected chi connectivity index (χ4v) is 2.88. The number of nitrogens with two attached hydrogens (primary N) is 1. The molecule has 0 radical (unpaired) electrons. The third kappa shape index (κ3) is 5.93. The van der Waals surface area contributed by atoms with Crippen LogP contribution in [0.5, 0.6) is 5.75 Å². The van der Waals surface area contributed by atoms with Crippen molar-refractivity contribution in [2.45, 2.75) is 50.3 Å². The molecule has 0 unspecified atom stereocenters. The summed E-state index contributed by atoms with van der Waals surface area (Å²) >= 11 is 0. The van der Waals surface area contributed by atoms with Gasteiger partial charge in [-0.1, -0.05) is 39.0 Å². The normalized spacial score (nSPS) is 11.5. The first-order valence-electron chi connectivity index (χ1n) is 7.47. The Bertz CT molecular complexity index is 530. The van der Waals surface area contributed by atoms with Crippen molar-refractivity contribution >= 4 is 15.7 Å². The highest BCUT2D eigenvalue weighted by Crippen LogP contribution is 2.23. The highest BCUT2D eigenvalue weighted by molar-refractivity contribution is 7.89. The van der Waals surface area contributed by atoms with Gasteiger partial charge >= 0.3 is 0 Å². The number of anilines is 1. The van der Waals surface area contributed by atoms with Crippen LogP contribution in [0, 0.1) is 0 Å². The van der Waals surface area contributed by atoms with E-state index in [1.165, 1.54) is 38.8 Å². The van der Waals surface area contributed by atoms with Gasteiger partial charge in [-0.3, -0.25) is 0 Å². The number of nitrogen functional groups attached to an aromatic ring is 1. The fourth-order valence-electron chi connectivity index (χ4n) is 2.04. The first kappa shape index (κ1) is 17.8. The van der Waals surface area contributed by atoms with Crippen LogP contribution in [-0.2, 0) is 10.0 Å². The molecule has 0 aliphatic carbocycles. The zero-order valence-corrected chi connectivity index (χ0v) is 13.7. The largest absolute Gasteiger partial charge is 0.494 e. The van der Waals surface area contributed by atoms with E-state index in [9.17, 15) is 8.42 Å². The van der Waals surface area contributed by atoms with Crippen molar-refractivity contribution in [3.63, 3.8) is 0 Å². The van der Waals surface area contributed by atoms with Gasteiger partial charge in [-0.2, -0.15) is 0 Å². The first-order chi connectivity index (χ1) is 10.0. The minimum absolute atomic E-state index is 0.0805. The Morgan fingerprint density at radius 1 is 1.14 bits per heavy atom. The van der Waals surface area contributed by atoms with E-state index in [0.717, 1.165) is 12.8 Å². The summed E-state index contributed by atoms with van der Waals surface area (Å²) in [5, 5.41) is 0. The number of unbranched alkanes of at least 4 members (excludes halogenated alkanes) is 5. The summed E-state index contributed by atoms with van der Waals surface area (Å²) in [5.41, 5.74) is 5.97. The van der Waals surface area contributed by atoms with Gasteiger partial charge in [-0.05, 0) is 25.6 Å². The van der Waals surface area contributed by atoms with Crippen LogP contribution in [0.3, 0.4) is 0 Å². The highest BCUT2D eigenvalue weighted by Gasteiger charge is 2.15. The molecular formula is C15H26N2O3S. The van der Waals surface area contributed by atoms with E-state index in [0.29, 0.717) is 12.4 Å². The molecule has 0 bridgehead atoms. The first-order valence-corrected chi connectivity index (χ1v) is 8.95. The number of ether oxygens (including phenoxy) is 1. The summed E-state index contributed by atoms with van der Waals surface area (Å²) in [4.78, 5) is 0.0805. The molecule has 0 spiro atoms. The number of rotatable bonds is 10. The molecule has 21 heavy (non-hydrogen) atoms. The third-order valence-electron chi connectivity index (χ3n) is 3.31. The molecule has 0 fully saturated rings. The Balaban J connectivity index is 2.43. The summed E-state index contributed by atoms with van der Waals surface area (Å²) in [6, 6.07) is 4.66. The Hall–Kier alpha value is -1.27. The average Bonchev–Trinajstić information content (AvgIpc) is 2.46. The van der Waals surface area contributed by atoms with Crippen molar-refractivity contribution in [1.82, 2.24) is 4.72 Å². The van der Waals surface area contributed by atoms with Gasteiger partial charge in [0.05, 0.1) is 12.3 Å². The Labute approximate surface area is 127 Å². The van der Waals surface area contributed by atoms with Crippen molar-refractivity contribution in [3.8, 4) is 5.75 Å². The van der Waals surface area contributed by atoms with Crippen LogP contribution < -0.4 is 15.2 Å². The molecule has 120 valence electrons. The van der Waals surface area contributed by atoms with E-state index in [1.807, 2.05) is 0 Å². The van der Waals surface area contributed by atoms with E-state index < -0.39 is 10.0 Å². The molecule has 0 heterocycles. The zero-order valence-electron chi connectivity index (χ0n) is 12.9. The molecule has 6 heteroatoms. The summed E-state index contributed by atoms with van der Waals surface area (Å²) < 4.78 is 31.2. The maximum atomic E-state index is 11.7. The summed E-state index contributed by atoms with van der Waals surface area (Å²) in [6.07, 6.45) is 7.21. The third-order valence-corrected chi connectivity index (χ3v) is 4.79. The lowest BCUT2D eigenvalue weighted by Gasteiger charge is -2.10. The molecule has 1 aromatic rings. The quantitative estimate of drug-likeness (QED) is 0.514. The van der Waals surface area contributed by atoms with E-state index >= 15 is 0 Å². The lowest BCUT2D eigenvalue weighted by molar-refractivity contribution is 0.304. The number of sulfonamides is 1. The van der Waals surface area contributed by atoms with Crippen LogP contribution in [-0.4, -0.2) is 22.1 Å². The molecule has 0 aromatic heterocycles. The van der Waals surface area contributed by atoms with E-state index in [-0.39, 0.29) is 10.6 Å². The minimum Gasteiger partial charge on any atom is -0.494 e. The molecule has 5 nitrogen and oxygen atoms in total. The Morgan fingerprint density at radius 2 is 1.81 bits per heavy atom. The van der Waals surface area contributed by atoms with Gasteiger partial charge in [0.15, 0.2) is 0 Å². The molecule has 3 N–H and O–H groups in total. The summed E-state index contributed by atoms with van der Waals surface area (Å²) in [6.45, 7) is 2.83. The highest BCUT2D eigenvalue weighted by atomic mass is 32.2. The molecule has 0 saturated heterocycles. The number of hydrogen-bond acceptors (Lipinski definition) is 4. The van der Waals surface area contributed by atoms with Gasteiger partial charge in [0.1, 0.15) is 10.6 Å². The molecular weight excluding hydrogens is 288 g/mol. The Kier molecular flexibility index (Phi) is 7.53. The van der Waals surface area contributed by atoms with Crippen molar-refractivity contribution in [2.24, 2.45) is 0 Å². The zero-order chi connectivity index (χ0) is 15.7. The van der Waals surface area contributed by atoms with Gasteiger partial charge in [-0.15, -0.1) is 0 Å². The van der Waals surface area contributed by atoms with E-state index in [2.05, 4.69) is 11.6 Å². The van der Waals surface area contributed by atoms with Crippen molar-refractivity contribution in [3.05, 3.63) is 18.2 Å². The van der Waals surface area contributed by atoms with Crippen molar-refractivity contribution < 1.29 is 13.2 Å². The van der Waals surface area contributed by atoms with Crippen LogP contribution >= 0.6 is 0 Å². The van der Waals surface area contributed by atoms with Gasteiger partial charge in [0.25, 0.3) is 0 Å². The van der Waals surface area contributed by atoms with Crippen LogP contribution in [0.15, 0.2) is 23.1 Å². The molecule has 0 aliphatic heterocycles. The van der Waals surface area contributed by atoms with Gasteiger partial charge in [-0.25, -0.2) is 13.1 Å². The molecule has 0 aliphatic rings. The predicted octanol–water partition coefficient (Wildman–Crippen LogP) is 2.92. The number of hydrogen-bond donors (Lipinski definition) is 2. The van der Waals surface area contributed by atoms with E-state index in [1.54, 1.807) is 12.1 Å². The van der Waals surface area contributed by atoms with Crippen LogP contribution in [0.4, 0.5) is 5.69 Å². The second kappa shape index (κ2) is 8.89. The standard InChI is InChI=1S/C15H26N2O3S/c1-3-4-5-6-7-8-11-20-13-9-10-15(14(16)12-13)21(18,19)17-2/h9-10,12,17H,3-8,11,16H2,1-2H3. The second-order valence-corrected chi connectivity index (χ2v) is 6.88. The molecule has 0 atom stereocenters. The summed E-state index contributed by atoms with van der Waals surface area (Å²) in [7, 11) is -2.16. The fraction of sp³-hybridized carbons (Fsp3) is 0.600. The van der Waals surface area contributed by atoms with Crippen LogP contribution in [0.25, 0.3) is 0 Å². The maximum Gasteiger partial charge on any atom is 0.242 e. The molecule has 1 aromatic carbocycles. The van der Waals surface area contributed by atoms with Gasteiger partial charge < -0.3 is 10.5 Å². The van der Waals surface area contributed by atoms with Crippen molar-refractivity contribution in [1.29, 1.82) is 0 Å². The second-order valence-electron chi connectivity index (χ2n) is 5.02. The maximum absolute atomic E-state index is 11.7. The molecule has 1 rings (SSSR count). The Morgan fingerprint density at radius 3 is 2.43 bits per heavy atom. The lowest BCUT2D eigenvalue weighted by atomic mass is 10.1. The SMILES string of the molecule is CCCCCCCCOc1ccc(S(=O)(=O)NC)c(N)c1. The number of benzene rings is 1. The summed E-state index contributed by atoms with van der Waals surface area (Å²) in [5.74, 6) is 0.608. The van der Waals surface area contributed by atoms with Crippen molar-refractivity contribution in [2.75, 3.05) is 19.4 Å². The average molecular weight is 314 g/mol. The molecule has 0 amide bonds. The smallest absolute Gasteiger partial charge is 0.242 e. The topological polar surface area (TPSA) is 81.4 Å². The monoisotopic (exact) mass is 314 g/mol. The predicted molar refractivity (Wildman–Crippen MR) is 86.0 cm³/mol. The van der Waals surface area contributed by atoms with E-state index in [4.69, 9.17) is 10.5 Å². The molecule has 0 saturated carbocycles. The van der Waals surface area contributed by atoms with Gasteiger partial charge in [0.2, 0.25) is 10.0 Å². The van der Waals surface area contributed by atoms with Gasteiger partial charge in [0, 0.05) is 6.07 Å². The number of nitrogens with one attached hydrogen (secondary N) is 1. The minimum atomic E-state index is -3.51. The van der Waals surface area contributed by atoms with Crippen LogP contribution in [0.2, 0.25) is 0 Å². The lowest BCUT2D eigenvalue weighted by Crippen LogP contribution is -2.19.